The Balaban J connectivity index is 2.28. The Morgan fingerprint density at radius 1 is 1.17 bits per heavy atom. The first-order valence-electron chi connectivity index (χ1n) is 7.88. The maximum Gasteiger partial charge on any atom is 0.315 e. The predicted molar refractivity (Wildman–Crippen MR) is 88.8 cm³/mol. The van der Waals surface area contributed by atoms with E-state index in [0.717, 1.165) is 18.6 Å². The largest absolute Gasteiger partial charge is 0.491 e. The van der Waals surface area contributed by atoms with Crippen molar-refractivity contribution in [3.63, 3.8) is 0 Å². The number of nitrogens with one attached hydrogen (secondary N) is 2. The summed E-state index contributed by atoms with van der Waals surface area (Å²) < 4.78 is 5.59. The zero-order valence-electron chi connectivity index (χ0n) is 14.0. The molecule has 0 fully saturated rings. The number of rotatable bonds is 9. The molecule has 0 aromatic heterocycles. The summed E-state index contributed by atoms with van der Waals surface area (Å²) in [4.78, 5) is 21.9. The van der Waals surface area contributed by atoms with Gasteiger partial charge in [-0.3, -0.25) is 4.79 Å². The minimum absolute atomic E-state index is 0.00594. The second-order valence-electron chi connectivity index (χ2n) is 5.79. The fourth-order valence-electron chi connectivity index (χ4n) is 2.02. The molecule has 0 saturated heterocycles. The number of carbonyl (C=O) groups is 2. The minimum atomic E-state index is -0.928. The molecule has 23 heavy (non-hydrogen) atoms. The molecule has 1 rings (SSSR count). The van der Waals surface area contributed by atoms with Crippen molar-refractivity contribution in [3.05, 3.63) is 29.8 Å². The lowest BCUT2D eigenvalue weighted by atomic mass is 10.1. The van der Waals surface area contributed by atoms with Crippen LogP contribution in [0.1, 0.15) is 39.2 Å². The van der Waals surface area contributed by atoms with Crippen LogP contribution in [0.5, 0.6) is 5.75 Å². The van der Waals surface area contributed by atoms with Gasteiger partial charge in [0.1, 0.15) is 5.75 Å². The SMILES string of the molecule is CC(CCc1ccc(OC(C)C)cc1)NC(=O)NCCC(=O)O. The molecule has 0 heterocycles. The number of aliphatic carboxylic acids is 1. The standard InChI is InChI=1S/C17H26N2O4/c1-12(2)23-15-8-6-14(7-9-15)5-4-13(3)19-17(22)18-11-10-16(20)21/h6-9,12-13H,4-5,10-11H2,1-3H3,(H,20,21)(H2,18,19,22). The summed E-state index contributed by atoms with van der Waals surface area (Å²) in [6.07, 6.45) is 1.73. The van der Waals surface area contributed by atoms with E-state index in [9.17, 15) is 9.59 Å². The fraction of sp³-hybridized carbons (Fsp3) is 0.529. The molecular formula is C17H26N2O4. The normalized spacial score (nSPS) is 11.8. The van der Waals surface area contributed by atoms with Gasteiger partial charge in [-0.25, -0.2) is 4.79 Å². The maximum absolute atomic E-state index is 11.6. The van der Waals surface area contributed by atoms with Crippen LogP contribution in [-0.4, -0.2) is 35.8 Å². The van der Waals surface area contributed by atoms with Gasteiger partial charge in [-0.1, -0.05) is 12.1 Å². The lowest BCUT2D eigenvalue weighted by Crippen LogP contribution is -2.41. The van der Waals surface area contributed by atoms with Gasteiger partial charge < -0.3 is 20.5 Å². The summed E-state index contributed by atoms with van der Waals surface area (Å²) in [5.74, 6) is -0.0732. The van der Waals surface area contributed by atoms with E-state index >= 15 is 0 Å². The highest BCUT2D eigenvalue weighted by atomic mass is 16.5. The summed E-state index contributed by atoms with van der Waals surface area (Å²) in [7, 11) is 0. The molecule has 0 saturated carbocycles. The second kappa shape index (κ2) is 9.71. The van der Waals surface area contributed by atoms with Gasteiger partial charge in [-0.2, -0.15) is 0 Å². The quantitative estimate of drug-likeness (QED) is 0.652. The molecule has 1 unspecified atom stereocenters. The van der Waals surface area contributed by atoms with E-state index < -0.39 is 5.97 Å². The van der Waals surface area contributed by atoms with E-state index in [4.69, 9.17) is 9.84 Å². The fourth-order valence-corrected chi connectivity index (χ4v) is 2.02. The summed E-state index contributed by atoms with van der Waals surface area (Å²) in [5, 5.41) is 13.8. The Morgan fingerprint density at radius 3 is 2.39 bits per heavy atom. The van der Waals surface area contributed by atoms with Gasteiger partial charge in [0, 0.05) is 12.6 Å². The molecule has 0 bridgehead atoms. The molecular weight excluding hydrogens is 296 g/mol. The molecule has 6 heteroatoms. The number of carboxylic acid groups (broad SMARTS) is 1. The van der Waals surface area contributed by atoms with E-state index in [0.29, 0.717) is 0 Å². The Bertz CT molecular complexity index is 500. The maximum atomic E-state index is 11.6. The van der Waals surface area contributed by atoms with Gasteiger partial charge in [0.05, 0.1) is 12.5 Å². The number of carbonyl (C=O) groups excluding carboxylic acids is 1. The van der Waals surface area contributed by atoms with Gasteiger partial charge >= 0.3 is 12.0 Å². The van der Waals surface area contributed by atoms with Crippen LogP contribution in [0.2, 0.25) is 0 Å². The van der Waals surface area contributed by atoms with Crippen LogP contribution < -0.4 is 15.4 Å². The molecule has 1 atom stereocenters. The van der Waals surface area contributed by atoms with Crippen LogP contribution in [0, 0.1) is 0 Å². The molecule has 0 spiro atoms. The molecule has 0 aliphatic heterocycles. The van der Waals surface area contributed by atoms with Crippen molar-refractivity contribution in [2.24, 2.45) is 0 Å². The summed E-state index contributed by atoms with van der Waals surface area (Å²) in [6, 6.07) is 7.62. The predicted octanol–water partition coefficient (Wildman–Crippen LogP) is 2.57. The molecule has 3 N–H and O–H groups in total. The summed E-state index contributed by atoms with van der Waals surface area (Å²) in [5.41, 5.74) is 1.18. The third-order valence-electron chi connectivity index (χ3n) is 3.16. The van der Waals surface area contributed by atoms with Crippen molar-refractivity contribution in [2.75, 3.05) is 6.54 Å². The zero-order chi connectivity index (χ0) is 17.2. The van der Waals surface area contributed by atoms with Crippen molar-refractivity contribution >= 4 is 12.0 Å². The van der Waals surface area contributed by atoms with Crippen LogP contribution in [-0.2, 0) is 11.2 Å². The van der Waals surface area contributed by atoms with E-state index in [-0.39, 0.29) is 31.1 Å². The van der Waals surface area contributed by atoms with Crippen LogP contribution >= 0.6 is 0 Å². The lowest BCUT2D eigenvalue weighted by Gasteiger charge is -2.15. The number of carboxylic acids is 1. The van der Waals surface area contributed by atoms with Gasteiger partial charge in [0.25, 0.3) is 0 Å². The smallest absolute Gasteiger partial charge is 0.315 e. The first kappa shape index (κ1) is 18.8. The van der Waals surface area contributed by atoms with Crippen molar-refractivity contribution in [3.8, 4) is 5.75 Å². The van der Waals surface area contributed by atoms with E-state index in [1.807, 2.05) is 45.0 Å². The third-order valence-corrected chi connectivity index (χ3v) is 3.16. The number of hydrogen-bond acceptors (Lipinski definition) is 3. The van der Waals surface area contributed by atoms with Gasteiger partial charge in [0.2, 0.25) is 0 Å². The number of benzene rings is 1. The Hall–Kier alpha value is -2.24. The van der Waals surface area contributed by atoms with Gasteiger partial charge in [-0.05, 0) is 51.3 Å². The number of hydrogen-bond donors (Lipinski definition) is 3. The Kier molecular flexibility index (Phi) is 7.94. The molecule has 2 amide bonds. The number of ether oxygens (including phenoxy) is 1. The molecule has 0 radical (unpaired) electrons. The molecule has 0 aliphatic rings. The summed E-state index contributed by atoms with van der Waals surface area (Å²) >= 11 is 0. The van der Waals surface area contributed by atoms with E-state index in [2.05, 4.69) is 10.6 Å². The third kappa shape index (κ3) is 8.70. The second-order valence-corrected chi connectivity index (χ2v) is 5.79. The minimum Gasteiger partial charge on any atom is -0.491 e. The van der Waals surface area contributed by atoms with Crippen LogP contribution in [0.15, 0.2) is 24.3 Å². The van der Waals surface area contributed by atoms with Gasteiger partial charge in [0.15, 0.2) is 0 Å². The molecule has 128 valence electrons. The van der Waals surface area contributed by atoms with E-state index in [1.165, 1.54) is 5.56 Å². The first-order chi connectivity index (χ1) is 10.9. The Labute approximate surface area is 137 Å². The number of aryl methyl sites for hydroxylation is 1. The lowest BCUT2D eigenvalue weighted by molar-refractivity contribution is -0.136. The average molecular weight is 322 g/mol. The van der Waals surface area contributed by atoms with Crippen molar-refractivity contribution in [2.45, 2.75) is 52.2 Å². The van der Waals surface area contributed by atoms with Crippen LogP contribution in [0.25, 0.3) is 0 Å². The topological polar surface area (TPSA) is 87.7 Å². The van der Waals surface area contributed by atoms with Crippen molar-refractivity contribution in [1.82, 2.24) is 10.6 Å². The number of urea groups is 1. The molecule has 6 nitrogen and oxygen atoms in total. The zero-order valence-corrected chi connectivity index (χ0v) is 14.0. The highest BCUT2D eigenvalue weighted by Crippen LogP contribution is 2.15. The van der Waals surface area contributed by atoms with Gasteiger partial charge in [-0.15, -0.1) is 0 Å². The van der Waals surface area contributed by atoms with Crippen LogP contribution in [0.3, 0.4) is 0 Å². The molecule has 0 aliphatic carbocycles. The highest BCUT2D eigenvalue weighted by molar-refractivity contribution is 5.75. The summed E-state index contributed by atoms with van der Waals surface area (Å²) in [6.45, 7) is 6.03. The molecule has 1 aromatic carbocycles. The molecule has 1 aromatic rings. The van der Waals surface area contributed by atoms with Crippen molar-refractivity contribution in [1.29, 1.82) is 0 Å². The van der Waals surface area contributed by atoms with Crippen molar-refractivity contribution < 1.29 is 19.4 Å². The average Bonchev–Trinajstić information content (AvgIpc) is 2.45. The van der Waals surface area contributed by atoms with E-state index in [1.54, 1.807) is 0 Å². The highest BCUT2D eigenvalue weighted by Gasteiger charge is 2.08. The first-order valence-corrected chi connectivity index (χ1v) is 7.88. The monoisotopic (exact) mass is 322 g/mol. The van der Waals surface area contributed by atoms with Crippen LogP contribution in [0.4, 0.5) is 4.79 Å². The Morgan fingerprint density at radius 2 is 1.83 bits per heavy atom. The number of amides is 2.